The van der Waals surface area contributed by atoms with Crippen molar-refractivity contribution in [3.05, 3.63) is 54.6 Å². The highest BCUT2D eigenvalue weighted by atomic mass is 16.5. The Kier molecular flexibility index (Phi) is 7.44. The molecule has 2 amide bonds. The zero-order chi connectivity index (χ0) is 19.6. The van der Waals surface area contributed by atoms with Gasteiger partial charge in [0.2, 0.25) is 11.8 Å². The van der Waals surface area contributed by atoms with Gasteiger partial charge in [0, 0.05) is 11.7 Å². The van der Waals surface area contributed by atoms with Crippen molar-refractivity contribution < 1.29 is 19.1 Å². The first-order chi connectivity index (χ1) is 13.7. The highest BCUT2D eigenvalue weighted by molar-refractivity contribution is 5.92. The third kappa shape index (κ3) is 6.70. The van der Waals surface area contributed by atoms with Crippen molar-refractivity contribution in [3.8, 4) is 11.5 Å². The van der Waals surface area contributed by atoms with Crippen LogP contribution in [0.1, 0.15) is 32.1 Å². The summed E-state index contributed by atoms with van der Waals surface area (Å²) in [5.74, 6) is 0.961. The van der Waals surface area contributed by atoms with Crippen LogP contribution in [0.15, 0.2) is 54.6 Å². The molecule has 2 N–H and O–H groups in total. The summed E-state index contributed by atoms with van der Waals surface area (Å²) in [5.41, 5.74) is 0.640. The first-order valence-corrected chi connectivity index (χ1v) is 9.69. The predicted molar refractivity (Wildman–Crippen MR) is 107 cm³/mol. The minimum atomic E-state index is -0.304. The Morgan fingerprint density at radius 2 is 1.46 bits per heavy atom. The van der Waals surface area contributed by atoms with Crippen LogP contribution in [0.4, 0.5) is 5.69 Å². The number of para-hydroxylation sites is 1. The average molecular weight is 382 g/mol. The van der Waals surface area contributed by atoms with Crippen LogP contribution < -0.4 is 15.4 Å². The van der Waals surface area contributed by atoms with Crippen LogP contribution in [0.5, 0.6) is 11.5 Å². The molecule has 1 saturated carbocycles. The van der Waals surface area contributed by atoms with Crippen LogP contribution in [-0.4, -0.2) is 31.1 Å². The van der Waals surface area contributed by atoms with Crippen molar-refractivity contribution in [2.45, 2.75) is 38.1 Å². The van der Waals surface area contributed by atoms with Crippen LogP contribution in [0, 0.1) is 0 Å². The van der Waals surface area contributed by atoms with Crippen LogP contribution in [0.3, 0.4) is 0 Å². The van der Waals surface area contributed by atoms with E-state index in [0.29, 0.717) is 11.4 Å². The molecule has 1 fully saturated rings. The van der Waals surface area contributed by atoms with E-state index >= 15 is 0 Å². The highest BCUT2D eigenvalue weighted by Crippen LogP contribution is 2.22. The third-order valence-corrected chi connectivity index (χ3v) is 4.55. The van der Waals surface area contributed by atoms with Gasteiger partial charge in [0.05, 0.1) is 0 Å². The minimum Gasteiger partial charge on any atom is -0.457 e. The van der Waals surface area contributed by atoms with Crippen molar-refractivity contribution in [2.24, 2.45) is 0 Å². The lowest BCUT2D eigenvalue weighted by atomic mass is 9.95. The number of benzene rings is 2. The lowest BCUT2D eigenvalue weighted by molar-refractivity contribution is -0.129. The molecule has 148 valence electrons. The standard InChI is InChI=1S/C22H26N2O4/c25-21(23-17-7-3-1-4-8-17)15-27-16-22(26)24-18-11-13-20(14-12-18)28-19-9-5-2-6-10-19/h2,5-6,9-14,17H,1,3-4,7-8,15-16H2,(H,23,25)(H,24,26). The maximum atomic E-state index is 12.0. The molecule has 2 aromatic carbocycles. The van der Waals surface area contributed by atoms with E-state index in [1.807, 2.05) is 30.3 Å². The van der Waals surface area contributed by atoms with Gasteiger partial charge in [-0.25, -0.2) is 0 Å². The van der Waals surface area contributed by atoms with E-state index in [-0.39, 0.29) is 31.1 Å². The maximum Gasteiger partial charge on any atom is 0.250 e. The number of hydrogen-bond donors (Lipinski definition) is 2. The lowest BCUT2D eigenvalue weighted by Crippen LogP contribution is -2.38. The molecule has 0 heterocycles. The summed E-state index contributed by atoms with van der Waals surface area (Å²) in [6, 6.07) is 16.8. The molecule has 1 aliphatic carbocycles. The second kappa shape index (κ2) is 10.5. The van der Waals surface area contributed by atoms with Crippen LogP contribution >= 0.6 is 0 Å². The summed E-state index contributed by atoms with van der Waals surface area (Å²) >= 11 is 0. The number of amides is 2. The molecule has 0 aromatic heterocycles. The van der Waals surface area contributed by atoms with Crippen molar-refractivity contribution >= 4 is 17.5 Å². The fraction of sp³-hybridized carbons (Fsp3) is 0.364. The van der Waals surface area contributed by atoms with Crippen LogP contribution in [0.2, 0.25) is 0 Å². The van der Waals surface area contributed by atoms with Crippen molar-refractivity contribution in [2.75, 3.05) is 18.5 Å². The first-order valence-electron chi connectivity index (χ1n) is 9.69. The summed E-state index contributed by atoms with van der Waals surface area (Å²) in [7, 11) is 0. The predicted octanol–water partition coefficient (Wildman–Crippen LogP) is 3.88. The largest absolute Gasteiger partial charge is 0.457 e. The van der Waals surface area contributed by atoms with Gasteiger partial charge in [0.25, 0.3) is 0 Å². The molecule has 0 spiro atoms. The molecule has 0 radical (unpaired) electrons. The molecule has 3 rings (SSSR count). The Balaban J connectivity index is 1.35. The van der Waals surface area contributed by atoms with Crippen LogP contribution in [-0.2, 0) is 14.3 Å². The first kappa shape index (κ1) is 19.9. The van der Waals surface area contributed by atoms with E-state index in [1.54, 1.807) is 24.3 Å². The van der Waals surface area contributed by atoms with E-state index in [4.69, 9.17) is 9.47 Å². The Bertz CT molecular complexity index is 756. The smallest absolute Gasteiger partial charge is 0.250 e. The van der Waals surface area contributed by atoms with E-state index in [0.717, 1.165) is 31.4 Å². The van der Waals surface area contributed by atoms with Gasteiger partial charge in [-0.2, -0.15) is 0 Å². The Morgan fingerprint density at radius 1 is 0.821 bits per heavy atom. The topological polar surface area (TPSA) is 76.7 Å². The SMILES string of the molecule is O=C(COCC(=O)NC1CCCCC1)Nc1ccc(Oc2ccccc2)cc1. The molecule has 6 nitrogen and oxygen atoms in total. The molecule has 1 aliphatic rings. The molecular formula is C22H26N2O4. The number of carbonyl (C=O) groups is 2. The summed E-state index contributed by atoms with van der Waals surface area (Å²) in [4.78, 5) is 23.8. The van der Waals surface area contributed by atoms with Gasteiger partial charge in [-0.05, 0) is 49.2 Å². The quantitative estimate of drug-likeness (QED) is 0.726. The molecule has 2 aromatic rings. The van der Waals surface area contributed by atoms with Crippen molar-refractivity contribution in [1.82, 2.24) is 5.32 Å². The average Bonchev–Trinajstić information content (AvgIpc) is 2.71. The second-order valence-electron chi connectivity index (χ2n) is 6.88. The highest BCUT2D eigenvalue weighted by Gasteiger charge is 2.15. The molecule has 0 aliphatic heterocycles. The molecule has 6 heteroatoms. The Morgan fingerprint density at radius 3 is 2.18 bits per heavy atom. The van der Waals surface area contributed by atoms with Gasteiger partial charge < -0.3 is 20.1 Å². The van der Waals surface area contributed by atoms with Crippen molar-refractivity contribution in [3.63, 3.8) is 0 Å². The van der Waals surface area contributed by atoms with Gasteiger partial charge in [-0.15, -0.1) is 0 Å². The Hall–Kier alpha value is -2.86. The zero-order valence-corrected chi connectivity index (χ0v) is 15.9. The minimum absolute atomic E-state index is 0.103. The lowest BCUT2D eigenvalue weighted by Gasteiger charge is -2.22. The third-order valence-electron chi connectivity index (χ3n) is 4.55. The molecular weight excluding hydrogens is 356 g/mol. The summed E-state index contributed by atoms with van der Waals surface area (Å²) in [6.07, 6.45) is 5.60. The van der Waals surface area contributed by atoms with E-state index < -0.39 is 0 Å². The Labute approximate surface area is 165 Å². The molecule has 0 bridgehead atoms. The monoisotopic (exact) mass is 382 g/mol. The molecule has 0 atom stereocenters. The van der Waals surface area contributed by atoms with Gasteiger partial charge in [-0.3, -0.25) is 9.59 Å². The molecule has 0 saturated heterocycles. The van der Waals surface area contributed by atoms with Gasteiger partial charge in [-0.1, -0.05) is 37.5 Å². The van der Waals surface area contributed by atoms with Crippen molar-refractivity contribution in [1.29, 1.82) is 0 Å². The molecule has 28 heavy (non-hydrogen) atoms. The summed E-state index contributed by atoms with van der Waals surface area (Å²) in [5, 5.41) is 5.70. The second-order valence-corrected chi connectivity index (χ2v) is 6.88. The van der Waals surface area contributed by atoms with Gasteiger partial charge >= 0.3 is 0 Å². The number of ether oxygens (including phenoxy) is 2. The zero-order valence-electron chi connectivity index (χ0n) is 15.9. The van der Waals surface area contributed by atoms with Gasteiger partial charge in [0.15, 0.2) is 0 Å². The number of nitrogens with one attached hydrogen (secondary N) is 2. The number of carbonyl (C=O) groups excluding carboxylic acids is 2. The fourth-order valence-electron chi connectivity index (χ4n) is 3.18. The number of anilines is 1. The normalized spacial score (nSPS) is 14.3. The molecule has 0 unspecified atom stereocenters. The summed E-state index contributed by atoms with van der Waals surface area (Å²) in [6.45, 7) is -0.270. The van der Waals surface area contributed by atoms with E-state index in [9.17, 15) is 9.59 Å². The summed E-state index contributed by atoms with van der Waals surface area (Å²) < 4.78 is 10.9. The van der Waals surface area contributed by atoms with E-state index in [1.165, 1.54) is 6.42 Å². The maximum absolute atomic E-state index is 12.0. The number of hydrogen-bond acceptors (Lipinski definition) is 4. The van der Waals surface area contributed by atoms with Crippen LogP contribution in [0.25, 0.3) is 0 Å². The van der Waals surface area contributed by atoms with E-state index in [2.05, 4.69) is 10.6 Å². The number of rotatable bonds is 8. The van der Waals surface area contributed by atoms with Gasteiger partial charge in [0.1, 0.15) is 24.7 Å². The fourth-order valence-corrected chi connectivity index (χ4v) is 3.18.